The number of hydrogen-bond donors (Lipinski definition) is 2. The van der Waals surface area contributed by atoms with Gasteiger partial charge in [0.1, 0.15) is 0 Å². The molecule has 1 aromatic carbocycles. The van der Waals surface area contributed by atoms with Gasteiger partial charge in [-0.2, -0.15) is 0 Å². The number of azide groups is 1. The molecule has 0 radical (unpaired) electrons. The van der Waals surface area contributed by atoms with Crippen LogP contribution in [0.5, 0.6) is 0 Å². The van der Waals surface area contributed by atoms with E-state index in [0.717, 1.165) is 43.5 Å². The molecule has 5 nitrogen and oxygen atoms in total. The van der Waals surface area contributed by atoms with Gasteiger partial charge in [0.05, 0.1) is 5.60 Å². The molecular formula is C15H20N4O. The highest BCUT2D eigenvalue weighted by molar-refractivity contribution is 5.50. The summed E-state index contributed by atoms with van der Waals surface area (Å²) in [6.45, 7) is 2.20. The third kappa shape index (κ3) is 3.84. The Balaban J connectivity index is 1.97. The molecule has 5 heteroatoms. The van der Waals surface area contributed by atoms with Crippen LogP contribution in [0.1, 0.15) is 30.4 Å². The van der Waals surface area contributed by atoms with E-state index in [1.54, 1.807) is 0 Å². The second kappa shape index (κ2) is 7.10. The van der Waals surface area contributed by atoms with Gasteiger partial charge in [0, 0.05) is 11.5 Å². The lowest BCUT2D eigenvalue weighted by atomic mass is 9.85. The summed E-state index contributed by atoms with van der Waals surface area (Å²) in [5.74, 6) is 0. The van der Waals surface area contributed by atoms with Crippen LogP contribution in [0, 0.1) is 0 Å². The average Bonchev–Trinajstić information content (AvgIpc) is 2.48. The number of piperidine rings is 1. The molecule has 0 amide bonds. The number of nitrogens with one attached hydrogen (secondary N) is 1. The standard InChI is InChI=1S/C15H20N4O/c16-19-18-10-2-1-3-13-4-6-14(7-5-13)15(20)8-11-17-12-9-15/h1,3-7,17,20H,2,8-12H2. The van der Waals surface area contributed by atoms with Gasteiger partial charge in [-0.05, 0) is 49.0 Å². The van der Waals surface area contributed by atoms with E-state index >= 15 is 0 Å². The van der Waals surface area contributed by atoms with Crippen molar-refractivity contribution in [2.75, 3.05) is 19.6 Å². The predicted octanol–water partition coefficient (Wildman–Crippen LogP) is 2.97. The van der Waals surface area contributed by atoms with Gasteiger partial charge >= 0.3 is 0 Å². The second-order valence-electron chi connectivity index (χ2n) is 5.05. The van der Waals surface area contributed by atoms with E-state index in [-0.39, 0.29) is 0 Å². The van der Waals surface area contributed by atoms with Crippen LogP contribution in [0.2, 0.25) is 0 Å². The van der Waals surface area contributed by atoms with Gasteiger partial charge in [-0.3, -0.25) is 0 Å². The summed E-state index contributed by atoms with van der Waals surface area (Å²) >= 11 is 0. The fourth-order valence-corrected chi connectivity index (χ4v) is 2.43. The van der Waals surface area contributed by atoms with Crippen LogP contribution in [0.4, 0.5) is 0 Å². The molecule has 0 spiro atoms. The van der Waals surface area contributed by atoms with E-state index in [0.29, 0.717) is 6.54 Å². The highest BCUT2D eigenvalue weighted by Crippen LogP contribution is 2.30. The Kier molecular flexibility index (Phi) is 5.18. The highest BCUT2D eigenvalue weighted by Gasteiger charge is 2.30. The first kappa shape index (κ1) is 14.6. The first-order valence-electron chi connectivity index (χ1n) is 6.96. The van der Waals surface area contributed by atoms with Crippen molar-refractivity contribution < 1.29 is 5.11 Å². The molecule has 1 aliphatic rings. The molecule has 2 rings (SSSR count). The number of benzene rings is 1. The largest absolute Gasteiger partial charge is 0.385 e. The Hall–Kier alpha value is -1.81. The van der Waals surface area contributed by atoms with E-state index < -0.39 is 5.60 Å². The monoisotopic (exact) mass is 272 g/mol. The smallest absolute Gasteiger partial charge is 0.0920 e. The van der Waals surface area contributed by atoms with E-state index in [2.05, 4.69) is 15.3 Å². The molecule has 20 heavy (non-hydrogen) atoms. The number of rotatable bonds is 5. The zero-order valence-corrected chi connectivity index (χ0v) is 11.5. The maximum Gasteiger partial charge on any atom is 0.0920 e. The molecule has 1 fully saturated rings. The van der Waals surface area contributed by atoms with Crippen molar-refractivity contribution in [3.63, 3.8) is 0 Å². The molecule has 0 aliphatic carbocycles. The number of aliphatic hydroxyl groups is 1. The minimum Gasteiger partial charge on any atom is -0.385 e. The minimum atomic E-state index is -0.686. The Bertz CT molecular complexity index is 497. The topological polar surface area (TPSA) is 81.0 Å². The lowest BCUT2D eigenvalue weighted by Crippen LogP contribution is -2.39. The first-order chi connectivity index (χ1) is 9.74. The normalized spacial score (nSPS) is 17.9. The van der Waals surface area contributed by atoms with Crippen molar-refractivity contribution in [2.24, 2.45) is 5.11 Å². The van der Waals surface area contributed by atoms with Crippen LogP contribution in [0.3, 0.4) is 0 Å². The Morgan fingerprint density at radius 3 is 2.65 bits per heavy atom. The molecule has 1 aromatic rings. The highest BCUT2D eigenvalue weighted by atomic mass is 16.3. The summed E-state index contributed by atoms with van der Waals surface area (Å²) in [5.41, 5.74) is 9.56. The third-order valence-electron chi connectivity index (χ3n) is 3.65. The van der Waals surface area contributed by atoms with E-state index in [4.69, 9.17) is 5.53 Å². The Morgan fingerprint density at radius 2 is 2.00 bits per heavy atom. The van der Waals surface area contributed by atoms with Gasteiger partial charge < -0.3 is 10.4 Å². The zero-order chi connectivity index (χ0) is 14.3. The molecule has 106 valence electrons. The van der Waals surface area contributed by atoms with Crippen LogP contribution in [-0.2, 0) is 5.60 Å². The van der Waals surface area contributed by atoms with Crippen molar-refractivity contribution in [2.45, 2.75) is 24.9 Å². The molecule has 0 aromatic heterocycles. The maximum atomic E-state index is 10.6. The summed E-state index contributed by atoms with van der Waals surface area (Å²) in [6, 6.07) is 8.02. The van der Waals surface area contributed by atoms with Gasteiger partial charge in [-0.1, -0.05) is 41.5 Å². The van der Waals surface area contributed by atoms with Crippen molar-refractivity contribution >= 4 is 6.08 Å². The molecule has 1 heterocycles. The Morgan fingerprint density at radius 1 is 1.30 bits per heavy atom. The van der Waals surface area contributed by atoms with E-state index in [1.807, 2.05) is 36.4 Å². The molecule has 1 saturated heterocycles. The SMILES string of the molecule is [N-]=[N+]=NCCC=Cc1ccc(C2(O)CCNCC2)cc1. The summed E-state index contributed by atoms with van der Waals surface area (Å²) in [4.78, 5) is 2.71. The summed E-state index contributed by atoms with van der Waals surface area (Å²) in [7, 11) is 0. The predicted molar refractivity (Wildman–Crippen MR) is 80.1 cm³/mol. The molecule has 2 N–H and O–H groups in total. The fourth-order valence-electron chi connectivity index (χ4n) is 2.43. The van der Waals surface area contributed by atoms with Crippen LogP contribution in [0.15, 0.2) is 35.5 Å². The van der Waals surface area contributed by atoms with Gasteiger partial charge in [0.2, 0.25) is 0 Å². The van der Waals surface area contributed by atoms with Gasteiger partial charge in [0.15, 0.2) is 0 Å². The summed E-state index contributed by atoms with van der Waals surface area (Å²) in [6.07, 6.45) is 6.25. The quantitative estimate of drug-likeness (QED) is 0.374. The molecule has 0 unspecified atom stereocenters. The number of hydrogen-bond acceptors (Lipinski definition) is 3. The molecule has 1 aliphatic heterocycles. The van der Waals surface area contributed by atoms with Gasteiger partial charge in [-0.25, -0.2) is 0 Å². The molecule has 0 saturated carbocycles. The zero-order valence-electron chi connectivity index (χ0n) is 11.5. The van der Waals surface area contributed by atoms with Crippen LogP contribution in [0.25, 0.3) is 16.5 Å². The first-order valence-corrected chi connectivity index (χ1v) is 6.96. The molecule has 0 bridgehead atoms. The second-order valence-corrected chi connectivity index (χ2v) is 5.05. The minimum absolute atomic E-state index is 0.484. The van der Waals surface area contributed by atoms with Gasteiger partial charge in [-0.15, -0.1) is 0 Å². The maximum absolute atomic E-state index is 10.6. The van der Waals surface area contributed by atoms with Crippen molar-refractivity contribution in [3.8, 4) is 0 Å². The fraction of sp³-hybridized carbons (Fsp3) is 0.467. The van der Waals surface area contributed by atoms with Crippen molar-refractivity contribution in [3.05, 3.63) is 51.9 Å². The van der Waals surface area contributed by atoms with E-state index in [1.165, 1.54) is 0 Å². The van der Waals surface area contributed by atoms with E-state index in [9.17, 15) is 5.11 Å². The van der Waals surface area contributed by atoms with Crippen LogP contribution >= 0.6 is 0 Å². The van der Waals surface area contributed by atoms with Crippen LogP contribution < -0.4 is 5.32 Å². The lowest BCUT2D eigenvalue weighted by Gasteiger charge is -2.33. The lowest BCUT2D eigenvalue weighted by molar-refractivity contribution is 0.00594. The molecule has 0 atom stereocenters. The van der Waals surface area contributed by atoms with Crippen LogP contribution in [-0.4, -0.2) is 24.7 Å². The average molecular weight is 272 g/mol. The Labute approximate surface area is 118 Å². The third-order valence-corrected chi connectivity index (χ3v) is 3.65. The molecular weight excluding hydrogens is 252 g/mol. The van der Waals surface area contributed by atoms with Crippen molar-refractivity contribution in [1.29, 1.82) is 0 Å². The van der Waals surface area contributed by atoms with Gasteiger partial charge in [0.25, 0.3) is 0 Å². The number of nitrogens with zero attached hydrogens (tertiary/aromatic N) is 3. The van der Waals surface area contributed by atoms with Crippen molar-refractivity contribution in [1.82, 2.24) is 5.32 Å². The summed E-state index contributed by atoms with van der Waals surface area (Å²) in [5, 5.41) is 17.3. The summed E-state index contributed by atoms with van der Waals surface area (Å²) < 4.78 is 0.